The highest BCUT2D eigenvalue weighted by Gasteiger charge is 2.23. The van der Waals surface area contributed by atoms with Gasteiger partial charge in [0, 0.05) is 0 Å². The highest BCUT2D eigenvalue weighted by molar-refractivity contribution is 5.87. The third kappa shape index (κ3) is 4.75. The number of hydrogen-bond acceptors (Lipinski definition) is 5. The Balaban J connectivity index is 4.15. The molecule has 0 aromatic carbocycles. The van der Waals surface area contributed by atoms with E-state index in [2.05, 4.69) is 10.1 Å². The number of hydrogen-bond donors (Lipinski definition) is 3. The van der Waals surface area contributed by atoms with Crippen molar-refractivity contribution < 1.29 is 29.3 Å². The fourth-order valence-corrected chi connectivity index (χ4v) is 0.635. The molecule has 1 atom stereocenters. The van der Waals surface area contributed by atoms with Crippen molar-refractivity contribution in [2.45, 2.75) is 12.5 Å². The fourth-order valence-electron chi connectivity index (χ4n) is 0.635. The topological polar surface area (TPSA) is 113 Å². The van der Waals surface area contributed by atoms with E-state index in [1.807, 2.05) is 0 Å². The van der Waals surface area contributed by atoms with Gasteiger partial charge in [0.25, 0.3) is 0 Å². The van der Waals surface area contributed by atoms with Gasteiger partial charge in [0.1, 0.15) is 6.04 Å². The van der Waals surface area contributed by atoms with Crippen molar-refractivity contribution in [1.82, 2.24) is 5.32 Å². The number of carbonyl (C=O) groups excluding carboxylic acids is 1. The second-order valence-corrected chi connectivity index (χ2v) is 2.13. The van der Waals surface area contributed by atoms with E-state index >= 15 is 0 Å². The first-order chi connectivity index (χ1) is 5.97. The van der Waals surface area contributed by atoms with Crippen LogP contribution in [0.5, 0.6) is 0 Å². The molecular formula is C6H9NO6. The third-order valence-corrected chi connectivity index (χ3v) is 1.20. The van der Waals surface area contributed by atoms with E-state index in [1.54, 1.807) is 0 Å². The largest absolute Gasteiger partial charge is 0.513 e. The lowest BCUT2D eigenvalue weighted by Gasteiger charge is -2.09. The Bertz CT molecular complexity index is 225. The van der Waals surface area contributed by atoms with Gasteiger partial charge in [-0.05, 0) is 7.05 Å². The van der Waals surface area contributed by atoms with E-state index in [0.29, 0.717) is 0 Å². The Hall–Kier alpha value is -1.63. The lowest BCUT2D eigenvalue weighted by molar-refractivity contribution is -0.147. The Labute approximate surface area is 73.3 Å². The van der Waals surface area contributed by atoms with Gasteiger partial charge >= 0.3 is 18.1 Å². The summed E-state index contributed by atoms with van der Waals surface area (Å²) in [6, 6.07) is -1.14. The quantitative estimate of drug-likeness (QED) is 0.396. The molecule has 7 nitrogen and oxygen atoms in total. The predicted octanol–water partition coefficient (Wildman–Crippen LogP) is -0.730. The van der Waals surface area contributed by atoms with Gasteiger partial charge < -0.3 is 20.3 Å². The number of carbonyl (C=O) groups is 3. The van der Waals surface area contributed by atoms with Crippen molar-refractivity contribution >= 4 is 18.1 Å². The molecule has 0 spiro atoms. The average molecular weight is 191 g/mol. The van der Waals surface area contributed by atoms with Gasteiger partial charge in [-0.2, -0.15) is 0 Å². The minimum absolute atomic E-state index is 0.525. The van der Waals surface area contributed by atoms with Gasteiger partial charge in [0.05, 0.1) is 6.42 Å². The number of rotatable bonds is 4. The maximum atomic E-state index is 10.8. The van der Waals surface area contributed by atoms with Crippen molar-refractivity contribution in [2.75, 3.05) is 7.05 Å². The van der Waals surface area contributed by atoms with Crippen molar-refractivity contribution in [2.24, 2.45) is 0 Å². The Kier molecular flexibility index (Phi) is 4.45. The summed E-state index contributed by atoms with van der Waals surface area (Å²) in [6.07, 6.45) is -2.28. The predicted molar refractivity (Wildman–Crippen MR) is 39.2 cm³/mol. The number of likely N-dealkylation sites (N-methyl/N-ethyl adjacent to an activating group) is 1. The van der Waals surface area contributed by atoms with E-state index in [9.17, 15) is 14.4 Å². The van der Waals surface area contributed by atoms with Crippen LogP contribution in [-0.4, -0.2) is 41.4 Å². The average Bonchev–Trinajstić information content (AvgIpc) is 1.98. The first-order valence-electron chi connectivity index (χ1n) is 3.31. The molecule has 3 N–H and O–H groups in total. The van der Waals surface area contributed by atoms with Crippen LogP contribution in [0.15, 0.2) is 0 Å². The maximum Gasteiger partial charge on any atom is 0.513 e. The molecule has 0 aliphatic rings. The van der Waals surface area contributed by atoms with Gasteiger partial charge in [-0.15, -0.1) is 0 Å². The van der Waals surface area contributed by atoms with E-state index in [1.165, 1.54) is 7.05 Å². The second kappa shape index (κ2) is 5.09. The monoisotopic (exact) mass is 191 g/mol. The van der Waals surface area contributed by atoms with Gasteiger partial charge in [0.2, 0.25) is 0 Å². The summed E-state index contributed by atoms with van der Waals surface area (Å²) in [6.45, 7) is 0. The number of nitrogens with one attached hydrogen (secondary N) is 1. The normalized spacial score (nSPS) is 11.8. The minimum Gasteiger partial charge on any atom is -0.481 e. The minimum atomic E-state index is -1.75. The molecule has 0 saturated carbocycles. The van der Waals surface area contributed by atoms with Crippen LogP contribution >= 0.6 is 0 Å². The summed E-state index contributed by atoms with van der Waals surface area (Å²) in [5.74, 6) is -2.35. The molecular weight excluding hydrogens is 182 g/mol. The summed E-state index contributed by atoms with van der Waals surface area (Å²) >= 11 is 0. The lowest BCUT2D eigenvalue weighted by Crippen LogP contribution is -2.38. The zero-order valence-corrected chi connectivity index (χ0v) is 6.81. The van der Waals surface area contributed by atoms with Crippen LogP contribution in [-0.2, 0) is 14.3 Å². The highest BCUT2D eigenvalue weighted by atomic mass is 16.7. The molecule has 7 heteroatoms. The van der Waals surface area contributed by atoms with Gasteiger partial charge in [-0.1, -0.05) is 0 Å². The van der Waals surface area contributed by atoms with Crippen LogP contribution in [0.2, 0.25) is 0 Å². The molecule has 0 aliphatic heterocycles. The smallest absolute Gasteiger partial charge is 0.481 e. The summed E-state index contributed by atoms with van der Waals surface area (Å²) in [5, 5.41) is 18.7. The number of ether oxygens (including phenoxy) is 1. The molecule has 0 aromatic heterocycles. The lowest BCUT2D eigenvalue weighted by atomic mass is 10.2. The molecule has 0 rings (SSSR count). The number of carboxylic acids is 1. The molecule has 0 unspecified atom stereocenters. The molecule has 0 radical (unpaired) electrons. The second-order valence-electron chi connectivity index (χ2n) is 2.13. The van der Waals surface area contributed by atoms with Crippen molar-refractivity contribution in [1.29, 1.82) is 0 Å². The van der Waals surface area contributed by atoms with Crippen LogP contribution in [0.3, 0.4) is 0 Å². The number of carboxylic acid groups (broad SMARTS) is 2. The first-order valence-corrected chi connectivity index (χ1v) is 3.31. The molecule has 0 heterocycles. The molecule has 0 fully saturated rings. The zero-order valence-electron chi connectivity index (χ0n) is 6.81. The van der Waals surface area contributed by atoms with E-state index < -0.39 is 30.6 Å². The molecule has 13 heavy (non-hydrogen) atoms. The van der Waals surface area contributed by atoms with E-state index in [-0.39, 0.29) is 0 Å². The first kappa shape index (κ1) is 11.4. The molecule has 0 saturated heterocycles. The van der Waals surface area contributed by atoms with Crippen LogP contribution in [0.25, 0.3) is 0 Å². The third-order valence-electron chi connectivity index (χ3n) is 1.20. The summed E-state index contributed by atoms with van der Waals surface area (Å²) in [7, 11) is 1.33. The van der Waals surface area contributed by atoms with Gasteiger partial charge in [-0.3, -0.25) is 4.79 Å². The summed E-state index contributed by atoms with van der Waals surface area (Å²) < 4.78 is 3.76. The van der Waals surface area contributed by atoms with Crippen molar-refractivity contribution in [3.8, 4) is 0 Å². The van der Waals surface area contributed by atoms with Crippen LogP contribution in [0.1, 0.15) is 6.42 Å². The Morgan fingerprint density at radius 3 is 2.23 bits per heavy atom. The zero-order chi connectivity index (χ0) is 10.4. The van der Waals surface area contributed by atoms with Crippen LogP contribution in [0, 0.1) is 0 Å². The Morgan fingerprint density at radius 2 is 1.92 bits per heavy atom. The summed E-state index contributed by atoms with van der Waals surface area (Å²) in [5.41, 5.74) is 0. The van der Waals surface area contributed by atoms with Crippen molar-refractivity contribution in [3.63, 3.8) is 0 Å². The SMILES string of the molecule is CN[C@@H](CC(=O)O)C(=O)OC(=O)O. The van der Waals surface area contributed by atoms with Crippen molar-refractivity contribution in [3.05, 3.63) is 0 Å². The van der Waals surface area contributed by atoms with Crippen LogP contribution in [0.4, 0.5) is 4.79 Å². The van der Waals surface area contributed by atoms with E-state index in [4.69, 9.17) is 10.2 Å². The number of aliphatic carboxylic acids is 1. The maximum absolute atomic E-state index is 10.8. The fraction of sp³-hybridized carbons (Fsp3) is 0.500. The number of esters is 1. The molecule has 0 amide bonds. The summed E-state index contributed by atoms with van der Waals surface area (Å²) in [4.78, 5) is 30.9. The molecule has 74 valence electrons. The van der Waals surface area contributed by atoms with Gasteiger partial charge in [0.15, 0.2) is 0 Å². The molecule has 0 bridgehead atoms. The molecule has 0 aromatic rings. The van der Waals surface area contributed by atoms with Crippen LogP contribution < -0.4 is 5.32 Å². The Morgan fingerprint density at radius 1 is 1.38 bits per heavy atom. The standard InChI is InChI=1S/C6H9NO6/c1-7-3(2-4(8)9)5(10)13-6(11)12/h3,7H,2H2,1H3,(H,8,9)(H,11,12)/t3-/m0/s1. The highest BCUT2D eigenvalue weighted by Crippen LogP contribution is 1.95. The van der Waals surface area contributed by atoms with E-state index in [0.717, 1.165) is 0 Å². The molecule has 0 aliphatic carbocycles. The van der Waals surface area contributed by atoms with Gasteiger partial charge in [-0.25, -0.2) is 9.59 Å².